The van der Waals surface area contributed by atoms with E-state index in [1.165, 1.54) is 0 Å². The van der Waals surface area contributed by atoms with Crippen molar-refractivity contribution >= 4 is 38.4 Å². The number of benzene rings is 1. The molecule has 1 aromatic carbocycles. The first-order chi connectivity index (χ1) is 7.11. The second-order valence-electron chi connectivity index (χ2n) is 3.07. The van der Waals surface area contributed by atoms with Gasteiger partial charge in [0, 0.05) is 11.5 Å². The van der Waals surface area contributed by atoms with Crippen molar-refractivity contribution in [3.05, 3.63) is 27.6 Å². The first-order valence-electron chi connectivity index (χ1n) is 4.29. The molecule has 2 rings (SSSR count). The van der Waals surface area contributed by atoms with E-state index in [0.29, 0.717) is 11.0 Å². The summed E-state index contributed by atoms with van der Waals surface area (Å²) < 4.78 is 6.02. The summed E-state index contributed by atoms with van der Waals surface area (Å²) in [6, 6.07) is 3.69. The lowest BCUT2D eigenvalue weighted by atomic mass is 10.2. The van der Waals surface area contributed by atoms with Crippen molar-refractivity contribution in [2.75, 3.05) is 7.11 Å². The minimum Gasteiger partial charge on any atom is -0.495 e. The first-order valence-corrected chi connectivity index (χ1v) is 5.46. The molecule has 0 bridgehead atoms. The van der Waals surface area contributed by atoms with E-state index in [1.54, 1.807) is 14.0 Å². The Kier molecular flexibility index (Phi) is 2.80. The quantitative estimate of drug-likeness (QED) is 0.754. The van der Waals surface area contributed by atoms with Gasteiger partial charge in [0.05, 0.1) is 17.1 Å². The van der Waals surface area contributed by atoms with Crippen molar-refractivity contribution in [2.24, 2.45) is 0 Å². The van der Waals surface area contributed by atoms with Crippen LogP contribution in [0.25, 0.3) is 10.9 Å². The summed E-state index contributed by atoms with van der Waals surface area (Å²) in [7, 11) is 1.61. The second-order valence-corrected chi connectivity index (χ2v) is 4.28. The summed E-state index contributed by atoms with van der Waals surface area (Å²) >= 11 is 9.41. The van der Waals surface area contributed by atoms with Gasteiger partial charge in [0.15, 0.2) is 0 Å². The van der Waals surface area contributed by atoms with Gasteiger partial charge in [0.25, 0.3) is 0 Å². The molecule has 0 radical (unpaired) electrons. The Bertz CT molecular complexity index is 530. The van der Waals surface area contributed by atoms with Crippen molar-refractivity contribution in [3.63, 3.8) is 0 Å². The fraction of sp³-hybridized carbons (Fsp3) is 0.200. The number of rotatable bonds is 1. The average molecular weight is 288 g/mol. The highest BCUT2D eigenvalue weighted by atomic mass is 79.9. The van der Waals surface area contributed by atoms with Crippen LogP contribution in [0.2, 0.25) is 5.15 Å². The van der Waals surface area contributed by atoms with Crippen molar-refractivity contribution in [1.29, 1.82) is 0 Å². The molecular weight excluding hydrogens is 279 g/mol. The van der Waals surface area contributed by atoms with E-state index in [0.717, 1.165) is 21.1 Å². The second kappa shape index (κ2) is 3.94. The summed E-state index contributed by atoms with van der Waals surface area (Å²) in [4.78, 5) is 8.38. The molecule has 0 atom stereocenters. The fourth-order valence-corrected chi connectivity index (χ4v) is 2.14. The normalized spacial score (nSPS) is 10.7. The molecule has 0 spiro atoms. The first kappa shape index (κ1) is 10.6. The van der Waals surface area contributed by atoms with Crippen LogP contribution in [0.3, 0.4) is 0 Å². The molecule has 0 saturated heterocycles. The summed E-state index contributed by atoms with van der Waals surface area (Å²) in [5.74, 6) is 1.38. The van der Waals surface area contributed by atoms with Gasteiger partial charge in [-0.25, -0.2) is 9.97 Å². The summed E-state index contributed by atoms with van der Waals surface area (Å²) in [5.41, 5.74) is 0.785. The van der Waals surface area contributed by atoms with Crippen molar-refractivity contribution in [1.82, 2.24) is 9.97 Å². The average Bonchev–Trinajstić information content (AvgIpc) is 2.18. The van der Waals surface area contributed by atoms with Crippen LogP contribution in [0.1, 0.15) is 5.82 Å². The van der Waals surface area contributed by atoms with Gasteiger partial charge in [-0.1, -0.05) is 11.6 Å². The monoisotopic (exact) mass is 286 g/mol. The van der Waals surface area contributed by atoms with Crippen molar-refractivity contribution in [3.8, 4) is 5.75 Å². The van der Waals surface area contributed by atoms with Gasteiger partial charge in [-0.2, -0.15) is 0 Å². The zero-order valence-corrected chi connectivity index (χ0v) is 10.6. The number of hydrogen-bond acceptors (Lipinski definition) is 3. The number of halogens is 2. The van der Waals surface area contributed by atoms with Crippen LogP contribution in [-0.4, -0.2) is 17.1 Å². The lowest BCUT2D eigenvalue weighted by molar-refractivity contribution is 0.412. The third-order valence-electron chi connectivity index (χ3n) is 2.03. The van der Waals surface area contributed by atoms with Gasteiger partial charge in [-0.05, 0) is 28.9 Å². The highest BCUT2D eigenvalue weighted by Gasteiger charge is 2.08. The van der Waals surface area contributed by atoms with E-state index in [1.807, 2.05) is 12.1 Å². The number of nitrogens with zero attached hydrogens (tertiary/aromatic N) is 2. The molecular formula is C10H8BrClN2O. The molecule has 0 fully saturated rings. The number of hydrogen-bond donors (Lipinski definition) is 0. The lowest BCUT2D eigenvalue weighted by Gasteiger charge is -2.06. The van der Waals surface area contributed by atoms with E-state index in [-0.39, 0.29) is 0 Å². The molecule has 78 valence electrons. The SMILES string of the molecule is COc1cc2nc(C)nc(Cl)c2cc1Br. The van der Waals surface area contributed by atoms with Gasteiger partial charge in [0.2, 0.25) is 0 Å². The molecule has 0 N–H and O–H groups in total. The molecule has 1 aromatic heterocycles. The van der Waals surface area contributed by atoms with Gasteiger partial charge in [-0.15, -0.1) is 0 Å². The van der Waals surface area contributed by atoms with Crippen LogP contribution in [-0.2, 0) is 0 Å². The van der Waals surface area contributed by atoms with Gasteiger partial charge >= 0.3 is 0 Å². The van der Waals surface area contributed by atoms with Crippen LogP contribution >= 0.6 is 27.5 Å². The molecule has 3 nitrogen and oxygen atoms in total. The van der Waals surface area contributed by atoms with E-state index in [2.05, 4.69) is 25.9 Å². The molecule has 2 aromatic rings. The number of aryl methyl sites for hydroxylation is 1. The Morgan fingerprint density at radius 2 is 2.07 bits per heavy atom. The van der Waals surface area contributed by atoms with E-state index in [9.17, 15) is 0 Å². The van der Waals surface area contributed by atoms with Crippen LogP contribution in [0.4, 0.5) is 0 Å². The smallest absolute Gasteiger partial charge is 0.140 e. The summed E-state index contributed by atoms with van der Waals surface area (Å²) in [6.45, 7) is 1.81. The zero-order chi connectivity index (χ0) is 11.0. The Morgan fingerprint density at radius 1 is 1.33 bits per heavy atom. The molecule has 0 unspecified atom stereocenters. The molecule has 5 heteroatoms. The van der Waals surface area contributed by atoms with Crippen molar-refractivity contribution < 1.29 is 4.74 Å². The van der Waals surface area contributed by atoms with E-state index >= 15 is 0 Å². The standard InChI is InChI=1S/C10H8BrClN2O/c1-5-13-8-4-9(15-2)7(11)3-6(8)10(12)14-5/h3-4H,1-2H3. The van der Waals surface area contributed by atoms with Gasteiger partial charge in [0.1, 0.15) is 16.7 Å². The maximum atomic E-state index is 6.02. The maximum Gasteiger partial charge on any atom is 0.140 e. The molecule has 0 amide bonds. The summed E-state index contributed by atoms with van der Waals surface area (Å²) in [5, 5.41) is 1.27. The lowest BCUT2D eigenvalue weighted by Crippen LogP contribution is -1.92. The molecule has 15 heavy (non-hydrogen) atoms. The van der Waals surface area contributed by atoms with Crippen LogP contribution in [0.15, 0.2) is 16.6 Å². The number of aromatic nitrogens is 2. The number of methoxy groups -OCH3 is 1. The molecule has 0 saturated carbocycles. The highest BCUT2D eigenvalue weighted by molar-refractivity contribution is 9.10. The fourth-order valence-electron chi connectivity index (χ4n) is 1.36. The highest BCUT2D eigenvalue weighted by Crippen LogP contribution is 2.31. The molecule has 1 heterocycles. The summed E-state index contributed by atoms with van der Waals surface area (Å²) in [6.07, 6.45) is 0. The zero-order valence-electron chi connectivity index (χ0n) is 8.21. The largest absolute Gasteiger partial charge is 0.495 e. The predicted molar refractivity (Wildman–Crippen MR) is 63.5 cm³/mol. The minimum atomic E-state index is 0.459. The van der Waals surface area contributed by atoms with E-state index in [4.69, 9.17) is 16.3 Å². The van der Waals surface area contributed by atoms with Gasteiger partial charge < -0.3 is 4.74 Å². The Hall–Kier alpha value is -0.870. The van der Waals surface area contributed by atoms with Crippen LogP contribution < -0.4 is 4.74 Å². The van der Waals surface area contributed by atoms with Crippen LogP contribution in [0, 0.1) is 6.92 Å². The molecule has 0 aliphatic rings. The Balaban J connectivity index is 2.81. The minimum absolute atomic E-state index is 0.459. The van der Waals surface area contributed by atoms with Crippen LogP contribution in [0.5, 0.6) is 5.75 Å². The van der Waals surface area contributed by atoms with Gasteiger partial charge in [-0.3, -0.25) is 0 Å². The molecule has 0 aliphatic carbocycles. The van der Waals surface area contributed by atoms with E-state index < -0.39 is 0 Å². The number of fused-ring (bicyclic) bond motifs is 1. The predicted octanol–water partition coefficient (Wildman–Crippen LogP) is 3.36. The molecule has 0 aliphatic heterocycles. The Labute approximate surface area is 101 Å². The van der Waals surface area contributed by atoms with Crippen molar-refractivity contribution in [2.45, 2.75) is 6.92 Å². The topological polar surface area (TPSA) is 35.0 Å². The Morgan fingerprint density at radius 3 is 2.73 bits per heavy atom. The maximum absolute atomic E-state index is 6.02. The third kappa shape index (κ3) is 1.92. The third-order valence-corrected chi connectivity index (χ3v) is 2.94. The number of ether oxygens (including phenoxy) is 1.